The van der Waals surface area contributed by atoms with E-state index in [1.54, 1.807) is 12.4 Å². The maximum atomic E-state index is 13.6. The van der Waals surface area contributed by atoms with Crippen LogP contribution in [0.3, 0.4) is 0 Å². The van der Waals surface area contributed by atoms with E-state index in [9.17, 15) is 8.96 Å². The Hall–Kier alpha value is -4.33. The van der Waals surface area contributed by atoms with Crippen molar-refractivity contribution in [3.05, 3.63) is 102 Å². The summed E-state index contributed by atoms with van der Waals surface area (Å²) in [6, 6.07) is 22.6. The Morgan fingerprint density at radius 3 is 2.71 bits per heavy atom. The molecule has 7 rings (SSSR count). The third kappa shape index (κ3) is 5.58. The molecular formula is C32H30FN6O2P. The quantitative estimate of drug-likeness (QED) is 0.204. The highest BCUT2D eigenvalue weighted by atomic mass is 31.2. The topological polar surface area (TPSA) is 89.1 Å². The summed E-state index contributed by atoms with van der Waals surface area (Å²) in [5, 5.41) is 9.82. The van der Waals surface area contributed by atoms with E-state index in [-0.39, 0.29) is 5.82 Å². The summed E-state index contributed by atoms with van der Waals surface area (Å²) in [5.41, 5.74) is 4.45. The summed E-state index contributed by atoms with van der Waals surface area (Å²) >= 11 is 0. The molecular weight excluding hydrogens is 550 g/mol. The molecule has 0 spiro atoms. The SMILES string of the molecule is CP1(=O)CCN(Cc2ccc(-c3ccc4ncnc(Nc5ccc6c(cnn6Cc6cccc(F)c6)c5)c4c3)o2)CC1. The number of nitrogens with zero attached hydrogens (tertiary/aromatic N) is 5. The lowest BCUT2D eigenvalue weighted by Crippen LogP contribution is -2.33. The summed E-state index contributed by atoms with van der Waals surface area (Å²) < 4.78 is 34.1. The zero-order valence-electron chi connectivity index (χ0n) is 23.2. The fourth-order valence-corrected chi connectivity index (χ4v) is 7.11. The molecule has 8 nitrogen and oxygen atoms in total. The first-order valence-corrected chi connectivity index (χ1v) is 16.5. The summed E-state index contributed by atoms with van der Waals surface area (Å²) in [4.78, 5) is 11.3. The number of fused-ring (bicyclic) bond motifs is 2. The smallest absolute Gasteiger partial charge is 0.141 e. The Balaban J connectivity index is 1.11. The van der Waals surface area contributed by atoms with Crippen LogP contribution in [0.2, 0.25) is 0 Å². The van der Waals surface area contributed by atoms with Crippen LogP contribution in [0.5, 0.6) is 0 Å². The van der Waals surface area contributed by atoms with Crippen LogP contribution in [0.4, 0.5) is 15.9 Å². The van der Waals surface area contributed by atoms with Gasteiger partial charge in [0.05, 0.1) is 37.5 Å². The average Bonchev–Trinajstić information content (AvgIpc) is 3.61. The van der Waals surface area contributed by atoms with E-state index in [2.05, 4.69) is 25.3 Å². The highest BCUT2D eigenvalue weighted by Crippen LogP contribution is 2.43. The number of hydrogen-bond acceptors (Lipinski definition) is 7. The Kier molecular flexibility index (Phi) is 6.84. The average molecular weight is 581 g/mol. The van der Waals surface area contributed by atoms with Gasteiger partial charge < -0.3 is 14.3 Å². The molecule has 1 fully saturated rings. The number of nitrogens with one attached hydrogen (secondary N) is 1. The molecule has 0 aliphatic carbocycles. The van der Waals surface area contributed by atoms with Crippen LogP contribution in [-0.4, -0.2) is 56.7 Å². The van der Waals surface area contributed by atoms with Crippen LogP contribution in [-0.2, 0) is 17.7 Å². The molecule has 1 saturated heterocycles. The minimum absolute atomic E-state index is 0.254. The minimum Gasteiger partial charge on any atom is -0.460 e. The van der Waals surface area contributed by atoms with Crippen LogP contribution in [0.1, 0.15) is 11.3 Å². The molecule has 1 aliphatic rings. The Morgan fingerprint density at radius 2 is 1.86 bits per heavy atom. The van der Waals surface area contributed by atoms with Crippen LogP contribution in [0.25, 0.3) is 33.1 Å². The van der Waals surface area contributed by atoms with Crippen LogP contribution in [0.15, 0.2) is 89.7 Å². The number of furan rings is 1. The van der Waals surface area contributed by atoms with Crippen molar-refractivity contribution >= 4 is 40.5 Å². The van der Waals surface area contributed by atoms with Gasteiger partial charge in [0.25, 0.3) is 0 Å². The van der Waals surface area contributed by atoms with Gasteiger partial charge in [-0.2, -0.15) is 5.10 Å². The van der Waals surface area contributed by atoms with Gasteiger partial charge in [0.2, 0.25) is 0 Å². The number of hydrogen-bond donors (Lipinski definition) is 1. The van der Waals surface area contributed by atoms with Crippen molar-refractivity contribution in [2.45, 2.75) is 13.1 Å². The molecule has 1 N–H and O–H groups in total. The fraction of sp³-hybridized carbons (Fsp3) is 0.219. The largest absolute Gasteiger partial charge is 0.460 e. The predicted molar refractivity (Wildman–Crippen MR) is 164 cm³/mol. The predicted octanol–water partition coefficient (Wildman–Crippen LogP) is 6.98. The molecule has 0 bridgehead atoms. The maximum Gasteiger partial charge on any atom is 0.141 e. The van der Waals surface area contributed by atoms with Gasteiger partial charge in [-0.05, 0) is 72.9 Å². The molecule has 3 aromatic heterocycles. The molecule has 1 aliphatic heterocycles. The molecule has 6 aromatic rings. The second kappa shape index (κ2) is 10.8. The zero-order valence-corrected chi connectivity index (χ0v) is 24.1. The van der Waals surface area contributed by atoms with Crippen molar-refractivity contribution in [3.8, 4) is 11.3 Å². The third-order valence-corrected chi connectivity index (χ3v) is 10.2. The monoisotopic (exact) mass is 580 g/mol. The van der Waals surface area contributed by atoms with E-state index in [0.29, 0.717) is 18.9 Å². The second-order valence-electron chi connectivity index (χ2n) is 11.1. The lowest BCUT2D eigenvalue weighted by molar-refractivity contribution is 0.263. The summed E-state index contributed by atoms with van der Waals surface area (Å²) in [7, 11) is -1.96. The molecule has 3 aromatic carbocycles. The minimum atomic E-state index is -1.96. The lowest BCUT2D eigenvalue weighted by Gasteiger charge is -2.29. The van der Waals surface area contributed by atoms with Crippen molar-refractivity contribution in [1.29, 1.82) is 0 Å². The first-order valence-electron chi connectivity index (χ1n) is 14.0. The number of anilines is 2. The molecule has 0 radical (unpaired) electrons. The van der Waals surface area contributed by atoms with Gasteiger partial charge in [0.15, 0.2) is 0 Å². The normalized spacial score (nSPS) is 15.4. The van der Waals surface area contributed by atoms with E-state index >= 15 is 0 Å². The number of aromatic nitrogens is 4. The van der Waals surface area contributed by atoms with Crippen molar-refractivity contribution in [3.63, 3.8) is 0 Å². The standard InChI is InChI=1S/C32H30FN6O2P/c1-42(40)13-11-38(12-14-42)20-27-7-10-31(41-27)23-5-8-29-28(17-23)32(35-21-34-29)37-26-6-9-30-24(16-26)18-36-39(30)19-22-3-2-4-25(33)15-22/h2-10,15-18,21H,11-14,19-20H2,1H3,(H,34,35,37). The van der Waals surface area contributed by atoms with E-state index in [1.807, 2.05) is 72.1 Å². The van der Waals surface area contributed by atoms with E-state index in [0.717, 1.165) is 75.6 Å². The van der Waals surface area contributed by atoms with Crippen molar-refractivity contribution in [2.75, 3.05) is 37.4 Å². The Morgan fingerprint density at radius 1 is 0.976 bits per heavy atom. The zero-order chi connectivity index (χ0) is 28.7. The van der Waals surface area contributed by atoms with Crippen LogP contribution < -0.4 is 5.32 Å². The van der Waals surface area contributed by atoms with E-state index in [4.69, 9.17) is 4.42 Å². The summed E-state index contributed by atoms with van der Waals surface area (Å²) in [5.74, 6) is 2.12. The third-order valence-electron chi connectivity index (χ3n) is 7.87. The van der Waals surface area contributed by atoms with Gasteiger partial charge >= 0.3 is 0 Å². The first kappa shape index (κ1) is 26.6. The molecule has 212 valence electrons. The molecule has 0 unspecified atom stereocenters. The summed E-state index contributed by atoms with van der Waals surface area (Å²) in [6.07, 6.45) is 4.91. The molecule has 0 amide bonds. The van der Waals surface area contributed by atoms with Gasteiger partial charge in [-0.3, -0.25) is 9.58 Å². The van der Waals surface area contributed by atoms with Gasteiger partial charge in [-0.15, -0.1) is 0 Å². The van der Waals surface area contributed by atoms with Crippen molar-refractivity contribution < 1.29 is 13.4 Å². The number of rotatable bonds is 7. The van der Waals surface area contributed by atoms with Gasteiger partial charge in [0, 0.05) is 47.4 Å². The first-order chi connectivity index (χ1) is 20.4. The molecule has 0 atom stereocenters. The van der Waals surface area contributed by atoms with Crippen LogP contribution >= 0.6 is 7.14 Å². The fourth-order valence-electron chi connectivity index (χ4n) is 5.47. The van der Waals surface area contributed by atoms with E-state index < -0.39 is 7.14 Å². The number of benzene rings is 3. The Labute approximate surface area is 242 Å². The van der Waals surface area contributed by atoms with Gasteiger partial charge in [-0.25, -0.2) is 14.4 Å². The Bertz CT molecular complexity index is 1960. The van der Waals surface area contributed by atoms with Gasteiger partial charge in [-0.1, -0.05) is 12.1 Å². The molecule has 4 heterocycles. The van der Waals surface area contributed by atoms with E-state index in [1.165, 1.54) is 12.1 Å². The highest BCUT2D eigenvalue weighted by Gasteiger charge is 2.24. The highest BCUT2D eigenvalue weighted by molar-refractivity contribution is 7.63. The number of halogens is 1. The lowest BCUT2D eigenvalue weighted by atomic mass is 10.1. The molecule has 42 heavy (non-hydrogen) atoms. The van der Waals surface area contributed by atoms with Crippen molar-refractivity contribution in [2.24, 2.45) is 0 Å². The van der Waals surface area contributed by atoms with Crippen LogP contribution in [0, 0.1) is 5.82 Å². The molecule has 10 heteroatoms. The second-order valence-corrected chi connectivity index (χ2v) is 14.6. The molecule has 0 saturated carbocycles. The van der Waals surface area contributed by atoms with Gasteiger partial charge in [0.1, 0.15) is 29.5 Å². The summed E-state index contributed by atoms with van der Waals surface area (Å²) in [6.45, 7) is 4.79. The maximum absolute atomic E-state index is 13.6. The van der Waals surface area contributed by atoms with Crippen molar-refractivity contribution in [1.82, 2.24) is 24.6 Å².